The van der Waals surface area contributed by atoms with Crippen LogP contribution in [0.5, 0.6) is 5.75 Å². The second kappa shape index (κ2) is 5.76. The normalized spacial score (nSPS) is 17.7. The summed E-state index contributed by atoms with van der Waals surface area (Å²) < 4.78 is 0. The van der Waals surface area contributed by atoms with Crippen LogP contribution >= 0.6 is 0 Å². The number of imide groups is 1. The molecule has 0 radical (unpaired) electrons. The Balaban J connectivity index is 1.87. The van der Waals surface area contributed by atoms with Gasteiger partial charge in [0.25, 0.3) is 5.91 Å². The number of carbonyl (C=O) groups is 2. The largest absolute Gasteiger partial charge is 0.508 e. The van der Waals surface area contributed by atoms with Crippen LogP contribution in [0.4, 0.5) is 11.4 Å². The number of hydrogen-bond acceptors (Lipinski definition) is 4. The standard InChI is InChI=1S/C18H18N2O3/c1-11-5-3-4-6-14(11)19-15-10-17(22)20(18(15)23)16-8-7-13(21)9-12(16)2/h3-9,15,19,21H,10H2,1-2H3. The van der Waals surface area contributed by atoms with Crippen LogP contribution in [0.3, 0.4) is 0 Å². The molecule has 1 heterocycles. The fourth-order valence-electron chi connectivity index (χ4n) is 2.81. The van der Waals surface area contributed by atoms with Crippen molar-refractivity contribution in [2.75, 3.05) is 10.2 Å². The molecule has 0 saturated carbocycles. The summed E-state index contributed by atoms with van der Waals surface area (Å²) in [4.78, 5) is 26.2. The first kappa shape index (κ1) is 15.1. The molecule has 1 saturated heterocycles. The maximum absolute atomic E-state index is 12.6. The molecule has 0 spiro atoms. The molecular formula is C18H18N2O3. The van der Waals surface area contributed by atoms with Crippen LogP contribution in [0.25, 0.3) is 0 Å². The van der Waals surface area contributed by atoms with Gasteiger partial charge in [-0.1, -0.05) is 18.2 Å². The number of hydrogen-bond donors (Lipinski definition) is 2. The van der Waals surface area contributed by atoms with Crippen LogP contribution in [-0.2, 0) is 9.59 Å². The van der Waals surface area contributed by atoms with E-state index in [1.54, 1.807) is 13.0 Å². The minimum absolute atomic E-state index is 0.111. The summed E-state index contributed by atoms with van der Waals surface area (Å²) in [5, 5.41) is 12.6. The van der Waals surface area contributed by atoms with Gasteiger partial charge in [-0.15, -0.1) is 0 Å². The molecule has 3 rings (SSSR count). The number of rotatable bonds is 3. The number of anilines is 2. The van der Waals surface area contributed by atoms with Gasteiger partial charge in [0.1, 0.15) is 11.8 Å². The van der Waals surface area contributed by atoms with Gasteiger partial charge in [0, 0.05) is 5.69 Å². The summed E-state index contributed by atoms with van der Waals surface area (Å²) in [5.74, 6) is -0.401. The maximum Gasteiger partial charge on any atom is 0.256 e. The van der Waals surface area contributed by atoms with Crippen molar-refractivity contribution in [3.8, 4) is 5.75 Å². The minimum Gasteiger partial charge on any atom is -0.508 e. The molecule has 2 aromatic rings. The van der Waals surface area contributed by atoms with Gasteiger partial charge in [0.2, 0.25) is 5.91 Å². The first-order valence-corrected chi connectivity index (χ1v) is 7.46. The Bertz CT molecular complexity index is 786. The number of phenolic OH excluding ortho intramolecular Hbond substituents is 1. The number of phenols is 1. The van der Waals surface area contributed by atoms with Gasteiger partial charge in [-0.25, -0.2) is 4.90 Å². The topological polar surface area (TPSA) is 69.6 Å². The number of carbonyl (C=O) groups excluding carboxylic acids is 2. The Morgan fingerprint density at radius 3 is 2.52 bits per heavy atom. The highest BCUT2D eigenvalue weighted by atomic mass is 16.3. The molecule has 5 nitrogen and oxygen atoms in total. The molecule has 2 amide bonds. The van der Waals surface area contributed by atoms with E-state index in [-0.39, 0.29) is 24.0 Å². The third-order valence-corrected chi connectivity index (χ3v) is 4.04. The SMILES string of the molecule is Cc1ccccc1NC1CC(=O)N(c2ccc(O)cc2C)C1=O. The number of benzene rings is 2. The van der Waals surface area contributed by atoms with E-state index in [9.17, 15) is 14.7 Å². The molecule has 1 fully saturated rings. The van der Waals surface area contributed by atoms with Gasteiger partial charge < -0.3 is 10.4 Å². The van der Waals surface area contributed by atoms with Gasteiger partial charge in [-0.05, 0) is 49.2 Å². The summed E-state index contributed by atoms with van der Waals surface area (Å²) in [6.45, 7) is 3.71. The predicted molar refractivity (Wildman–Crippen MR) is 88.5 cm³/mol. The van der Waals surface area contributed by atoms with Crippen molar-refractivity contribution in [3.05, 3.63) is 53.6 Å². The number of amides is 2. The Morgan fingerprint density at radius 2 is 1.83 bits per heavy atom. The predicted octanol–water partition coefficient (Wildman–Crippen LogP) is 2.75. The zero-order valence-electron chi connectivity index (χ0n) is 13.0. The average Bonchev–Trinajstić information content (AvgIpc) is 2.77. The van der Waals surface area contributed by atoms with Crippen LogP contribution in [0.2, 0.25) is 0 Å². The highest BCUT2D eigenvalue weighted by Crippen LogP contribution is 2.30. The van der Waals surface area contributed by atoms with E-state index in [0.717, 1.165) is 11.3 Å². The lowest BCUT2D eigenvalue weighted by atomic mass is 10.1. The number of para-hydroxylation sites is 1. The van der Waals surface area contributed by atoms with E-state index in [2.05, 4.69) is 5.32 Å². The van der Waals surface area contributed by atoms with E-state index in [1.807, 2.05) is 31.2 Å². The summed E-state index contributed by atoms with van der Waals surface area (Å²) in [6.07, 6.45) is 0.119. The van der Waals surface area contributed by atoms with Crippen molar-refractivity contribution in [1.82, 2.24) is 0 Å². The molecule has 5 heteroatoms. The zero-order chi connectivity index (χ0) is 16.6. The second-order valence-electron chi connectivity index (χ2n) is 5.75. The first-order chi connectivity index (χ1) is 11.0. The van der Waals surface area contributed by atoms with Gasteiger partial charge in [0.15, 0.2) is 0 Å². The van der Waals surface area contributed by atoms with Gasteiger partial charge in [-0.3, -0.25) is 9.59 Å². The van der Waals surface area contributed by atoms with Crippen LogP contribution in [0.1, 0.15) is 17.5 Å². The number of nitrogens with one attached hydrogen (secondary N) is 1. The zero-order valence-corrected chi connectivity index (χ0v) is 13.0. The molecule has 2 aromatic carbocycles. The van der Waals surface area contributed by atoms with Crippen LogP contribution in [0, 0.1) is 13.8 Å². The van der Waals surface area contributed by atoms with E-state index < -0.39 is 6.04 Å². The second-order valence-corrected chi connectivity index (χ2v) is 5.75. The van der Waals surface area contributed by atoms with Gasteiger partial charge >= 0.3 is 0 Å². The Hall–Kier alpha value is -2.82. The highest BCUT2D eigenvalue weighted by molar-refractivity contribution is 6.23. The van der Waals surface area contributed by atoms with Crippen LogP contribution in [0.15, 0.2) is 42.5 Å². The first-order valence-electron chi connectivity index (χ1n) is 7.46. The molecule has 1 aliphatic heterocycles. The smallest absolute Gasteiger partial charge is 0.256 e. The van der Waals surface area contributed by atoms with Gasteiger partial charge in [0.05, 0.1) is 12.1 Å². The van der Waals surface area contributed by atoms with Crippen molar-refractivity contribution in [1.29, 1.82) is 0 Å². The monoisotopic (exact) mass is 310 g/mol. The van der Waals surface area contributed by atoms with Crippen molar-refractivity contribution in [2.45, 2.75) is 26.3 Å². The van der Waals surface area contributed by atoms with Crippen LogP contribution in [-0.4, -0.2) is 23.0 Å². The molecule has 0 bridgehead atoms. The molecule has 1 unspecified atom stereocenters. The lowest BCUT2D eigenvalue weighted by molar-refractivity contribution is -0.121. The van der Waals surface area contributed by atoms with E-state index in [4.69, 9.17) is 0 Å². The highest BCUT2D eigenvalue weighted by Gasteiger charge is 2.40. The van der Waals surface area contributed by atoms with Crippen molar-refractivity contribution < 1.29 is 14.7 Å². The molecule has 1 aliphatic rings. The number of aryl methyl sites for hydroxylation is 2. The number of aromatic hydroxyl groups is 1. The molecule has 0 aliphatic carbocycles. The third-order valence-electron chi connectivity index (χ3n) is 4.04. The summed E-state index contributed by atoms with van der Waals surface area (Å²) in [5.41, 5.74) is 3.07. The molecule has 118 valence electrons. The van der Waals surface area contributed by atoms with Crippen molar-refractivity contribution >= 4 is 23.2 Å². The minimum atomic E-state index is -0.572. The Morgan fingerprint density at radius 1 is 1.09 bits per heavy atom. The lowest BCUT2D eigenvalue weighted by Crippen LogP contribution is -2.35. The summed E-state index contributed by atoms with van der Waals surface area (Å²) >= 11 is 0. The van der Waals surface area contributed by atoms with E-state index >= 15 is 0 Å². The quantitative estimate of drug-likeness (QED) is 0.855. The van der Waals surface area contributed by atoms with Gasteiger partial charge in [-0.2, -0.15) is 0 Å². The fraction of sp³-hybridized carbons (Fsp3) is 0.222. The van der Waals surface area contributed by atoms with E-state index in [1.165, 1.54) is 17.0 Å². The van der Waals surface area contributed by atoms with E-state index in [0.29, 0.717) is 11.3 Å². The third kappa shape index (κ3) is 2.77. The maximum atomic E-state index is 12.6. The Kier molecular flexibility index (Phi) is 3.78. The molecular weight excluding hydrogens is 292 g/mol. The Labute approximate surface area is 134 Å². The van der Waals surface area contributed by atoms with Crippen molar-refractivity contribution in [2.24, 2.45) is 0 Å². The molecule has 1 atom stereocenters. The van der Waals surface area contributed by atoms with Crippen molar-refractivity contribution in [3.63, 3.8) is 0 Å². The lowest BCUT2D eigenvalue weighted by Gasteiger charge is -2.18. The fourth-order valence-corrected chi connectivity index (χ4v) is 2.81. The summed E-state index contributed by atoms with van der Waals surface area (Å²) in [6, 6.07) is 11.7. The molecule has 23 heavy (non-hydrogen) atoms. The number of nitrogens with zero attached hydrogens (tertiary/aromatic N) is 1. The van der Waals surface area contributed by atoms with Crippen LogP contribution < -0.4 is 10.2 Å². The molecule has 2 N–H and O–H groups in total. The summed E-state index contributed by atoms with van der Waals surface area (Å²) in [7, 11) is 0. The average molecular weight is 310 g/mol. The molecule has 0 aromatic heterocycles.